The Morgan fingerprint density at radius 3 is 1.75 bits per heavy atom. The van der Waals surface area contributed by atoms with Crippen LogP contribution in [-0.2, 0) is 0 Å². The molecule has 0 atom stereocenters. The molecule has 1 heteroatoms. The van der Waals surface area contributed by atoms with Crippen LogP contribution < -0.4 is 0 Å². The molecule has 0 saturated carbocycles. The molecule has 0 N–H and O–H groups in total. The van der Waals surface area contributed by atoms with Gasteiger partial charge in [0.1, 0.15) is 0 Å². The summed E-state index contributed by atoms with van der Waals surface area (Å²) in [6.45, 7) is 8.94. The minimum absolute atomic E-state index is 0. The Kier molecular flexibility index (Phi) is 6.30. The first kappa shape index (κ1) is 13.1. The van der Waals surface area contributed by atoms with E-state index >= 15 is 0 Å². The third kappa shape index (κ3) is 3.47. The van der Waals surface area contributed by atoms with Crippen LogP contribution in [0.15, 0.2) is 23.8 Å². The van der Waals surface area contributed by atoms with E-state index in [0.717, 1.165) is 0 Å². The molecule has 0 nitrogen and oxygen atoms in total. The van der Waals surface area contributed by atoms with E-state index in [1.54, 1.807) is 0 Å². The van der Waals surface area contributed by atoms with Crippen molar-refractivity contribution in [2.75, 3.05) is 0 Å². The summed E-state index contributed by atoms with van der Waals surface area (Å²) in [7, 11) is 0. The van der Waals surface area contributed by atoms with Crippen molar-refractivity contribution in [2.24, 2.45) is 11.8 Å². The van der Waals surface area contributed by atoms with Gasteiger partial charge in [0.2, 0.25) is 0 Å². The van der Waals surface area contributed by atoms with Crippen LogP contribution in [0.1, 0.15) is 27.7 Å². The fourth-order valence-electron chi connectivity index (χ4n) is 1.20. The standard InChI is InChI=1S/C11H17.K.H/c1-8(2)10-5-6-11(7-10)9(3)4;;/h5-9H,1-4H3;;. The van der Waals surface area contributed by atoms with E-state index in [9.17, 15) is 0 Å². The second-order valence-corrected chi connectivity index (χ2v) is 3.79. The molecule has 1 aliphatic rings. The van der Waals surface area contributed by atoms with Crippen molar-refractivity contribution in [3.63, 3.8) is 0 Å². The summed E-state index contributed by atoms with van der Waals surface area (Å²) < 4.78 is 0. The van der Waals surface area contributed by atoms with E-state index in [-0.39, 0.29) is 51.4 Å². The molecule has 0 bridgehead atoms. The van der Waals surface area contributed by atoms with Gasteiger partial charge in [0.15, 0.2) is 0 Å². The average Bonchev–Trinajstić information content (AvgIpc) is 2.33. The van der Waals surface area contributed by atoms with E-state index in [4.69, 9.17) is 0 Å². The SMILES string of the molecule is CC(C)[C]1C=CC(C(C)C)=C1.[KH]. The van der Waals surface area contributed by atoms with Crippen molar-refractivity contribution < 1.29 is 0 Å². The van der Waals surface area contributed by atoms with Crippen molar-refractivity contribution in [1.82, 2.24) is 0 Å². The first-order chi connectivity index (χ1) is 5.11. The van der Waals surface area contributed by atoms with Gasteiger partial charge < -0.3 is 0 Å². The summed E-state index contributed by atoms with van der Waals surface area (Å²) in [4.78, 5) is 0. The third-order valence-electron chi connectivity index (χ3n) is 2.13. The summed E-state index contributed by atoms with van der Waals surface area (Å²) in [6, 6.07) is 0. The van der Waals surface area contributed by atoms with Gasteiger partial charge in [-0.25, -0.2) is 0 Å². The summed E-state index contributed by atoms with van der Waals surface area (Å²) >= 11 is 0. The van der Waals surface area contributed by atoms with Gasteiger partial charge in [0, 0.05) is 5.92 Å². The molecule has 0 aliphatic heterocycles. The Bertz CT molecular complexity index is 187. The molecule has 0 aromatic heterocycles. The minimum atomic E-state index is 0. The Morgan fingerprint density at radius 1 is 0.917 bits per heavy atom. The quantitative estimate of drug-likeness (QED) is 0.586. The van der Waals surface area contributed by atoms with Crippen molar-refractivity contribution in [2.45, 2.75) is 27.7 Å². The Balaban J connectivity index is 0.00000121. The van der Waals surface area contributed by atoms with Crippen LogP contribution in [0.2, 0.25) is 0 Å². The van der Waals surface area contributed by atoms with E-state index < -0.39 is 0 Å². The van der Waals surface area contributed by atoms with Crippen LogP contribution in [0.25, 0.3) is 0 Å². The zero-order chi connectivity index (χ0) is 8.43. The molecule has 0 heterocycles. The molecule has 1 radical (unpaired) electrons. The van der Waals surface area contributed by atoms with Gasteiger partial charge in [-0.2, -0.15) is 0 Å². The second-order valence-electron chi connectivity index (χ2n) is 3.79. The van der Waals surface area contributed by atoms with Gasteiger partial charge in [0.05, 0.1) is 0 Å². The monoisotopic (exact) mass is 189 g/mol. The van der Waals surface area contributed by atoms with Crippen LogP contribution in [0.5, 0.6) is 0 Å². The second kappa shape index (κ2) is 5.76. The predicted octanol–water partition coefficient (Wildman–Crippen LogP) is 2.72. The maximum atomic E-state index is 2.31. The van der Waals surface area contributed by atoms with E-state index in [1.165, 1.54) is 11.5 Å². The molecule has 12 heavy (non-hydrogen) atoms. The Morgan fingerprint density at radius 2 is 1.50 bits per heavy atom. The zero-order valence-corrected chi connectivity index (χ0v) is 7.89. The predicted molar refractivity (Wildman–Crippen MR) is 57.3 cm³/mol. The molecule has 1 rings (SSSR count). The van der Waals surface area contributed by atoms with Gasteiger partial charge in [0.25, 0.3) is 0 Å². The van der Waals surface area contributed by atoms with Gasteiger partial charge >= 0.3 is 51.4 Å². The molecule has 0 spiro atoms. The van der Waals surface area contributed by atoms with Crippen LogP contribution in [0.4, 0.5) is 0 Å². The molecule has 0 saturated heterocycles. The van der Waals surface area contributed by atoms with E-state index in [2.05, 4.69) is 45.9 Å². The number of hydrogen-bond acceptors (Lipinski definition) is 0. The van der Waals surface area contributed by atoms with Crippen molar-refractivity contribution in [3.8, 4) is 0 Å². The average molecular weight is 189 g/mol. The molecular formula is C11H18K. The zero-order valence-electron chi connectivity index (χ0n) is 7.89. The first-order valence-electron chi connectivity index (χ1n) is 4.37. The van der Waals surface area contributed by atoms with Gasteiger partial charge in [-0.3, -0.25) is 0 Å². The Hall–Kier alpha value is 1.12. The van der Waals surface area contributed by atoms with Crippen LogP contribution in [-0.4, -0.2) is 51.4 Å². The fourth-order valence-corrected chi connectivity index (χ4v) is 1.20. The van der Waals surface area contributed by atoms with Crippen LogP contribution in [0.3, 0.4) is 0 Å². The maximum absolute atomic E-state index is 2.31. The molecular weight excluding hydrogens is 171 g/mol. The summed E-state index contributed by atoms with van der Waals surface area (Å²) in [5, 5.41) is 0. The molecule has 0 fully saturated rings. The molecule has 63 valence electrons. The van der Waals surface area contributed by atoms with Gasteiger partial charge in [-0.15, -0.1) is 0 Å². The van der Waals surface area contributed by atoms with Crippen LogP contribution >= 0.6 is 0 Å². The van der Waals surface area contributed by atoms with Gasteiger partial charge in [-0.05, 0) is 17.4 Å². The van der Waals surface area contributed by atoms with E-state index in [0.29, 0.717) is 11.8 Å². The van der Waals surface area contributed by atoms with Crippen molar-refractivity contribution in [1.29, 1.82) is 0 Å². The topological polar surface area (TPSA) is 0 Å². The molecule has 1 aliphatic carbocycles. The number of rotatable bonds is 2. The van der Waals surface area contributed by atoms with Gasteiger partial charge in [-0.1, -0.05) is 45.9 Å². The Labute approximate surface area is 119 Å². The van der Waals surface area contributed by atoms with Crippen molar-refractivity contribution >= 4 is 51.4 Å². The normalized spacial score (nSPS) is 17.0. The molecule has 0 aromatic rings. The summed E-state index contributed by atoms with van der Waals surface area (Å²) in [5.74, 6) is 2.80. The van der Waals surface area contributed by atoms with Crippen molar-refractivity contribution in [3.05, 3.63) is 29.7 Å². The van der Waals surface area contributed by atoms with E-state index in [1.807, 2.05) is 0 Å². The molecule has 0 amide bonds. The molecule has 0 aromatic carbocycles. The van der Waals surface area contributed by atoms with Crippen LogP contribution in [0, 0.1) is 17.8 Å². The summed E-state index contributed by atoms with van der Waals surface area (Å²) in [6.07, 6.45) is 6.79. The fraction of sp³-hybridized carbons (Fsp3) is 0.545. The number of allylic oxidation sites excluding steroid dienone is 4. The number of hydrogen-bond donors (Lipinski definition) is 0. The molecule has 0 unspecified atom stereocenters. The third-order valence-corrected chi connectivity index (χ3v) is 2.13. The first-order valence-corrected chi connectivity index (χ1v) is 4.37. The summed E-state index contributed by atoms with van der Waals surface area (Å²) in [5.41, 5.74) is 1.47.